The SMILES string of the molecule is Cc1cnc(CN2CC3(CCC2=O)CCN(CC=Cc2ccccc2)CC3)cn1. The lowest BCUT2D eigenvalue weighted by Gasteiger charge is -2.47. The monoisotopic (exact) mass is 390 g/mol. The lowest BCUT2D eigenvalue weighted by molar-refractivity contribution is -0.139. The van der Waals surface area contributed by atoms with Crippen molar-refractivity contribution in [3.8, 4) is 0 Å². The topological polar surface area (TPSA) is 49.3 Å². The van der Waals surface area contributed by atoms with Crippen molar-refractivity contribution in [2.24, 2.45) is 5.41 Å². The van der Waals surface area contributed by atoms with Crippen molar-refractivity contribution >= 4 is 12.0 Å². The first-order valence-electron chi connectivity index (χ1n) is 10.6. The number of carbonyl (C=O) groups is 1. The fraction of sp³-hybridized carbons (Fsp3) is 0.458. The predicted molar refractivity (Wildman–Crippen MR) is 115 cm³/mol. The average Bonchev–Trinajstić information content (AvgIpc) is 2.75. The minimum Gasteiger partial charge on any atom is -0.336 e. The van der Waals surface area contributed by atoms with Crippen molar-refractivity contribution in [1.82, 2.24) is 19.8 Å². The summed E-state index contributed by atoms with van der Waals surface area (Å²) in [6.07, 6.45) is 12.1. The normalized spacial score (nSPS) is 19.9. The molecule has 2 aliphatic heterocycles. The van der Waals surface area contributed by atoms with Crippen LogP contribution in [-0.4, -0.2) is 51.9 Å². The maximum atomic E-state index is 12.5. The van der Waals surface area contributed by atoms with Gasteiger partial charge >= 0.3 is 0 Å². The van der Waals surface area contributed by atoms with Crippen molar-refractivity contribution in [2.75, 3.05) is 26.2 Å². The number of rotatable bonds is 5. The van der Waals surface area contributed by atoms with Gasteiger partial charge < -0.3 is 4.90 Å². The number of likely N-dealkylation sites (tertiary alicyclic amines) is 2. The van der Waals surface area contributed by atoms with Crippen molar-refractivity contribution in [1.29, 1.82) is 0 Å². The van der Waals surface area contributed by atoms with E-state index >= 15 is 0 Å². The summed E-state index contributed by atoms with van der Waals surface area (Å²) in [5.41, 5.74) is 3.31. The molecule has 2 aliphatic rings. The third-order valence-corrected chi connectivity index (χ3v) is 6.33. The van der Waals surface area contributed by atoms with Gasteiger partial charge in [0.1, 0.15) is 0 Å². The Morgan fingerprint density at radius 1 is 1.07 bits per heavy atom. The molecule has 5 nitrogen and oxygen atoms in total. The number of hydrogen-bond donors (Lipinski definition) is 0. The Kier molecular flexibility index (Phi) is 6.05. The third-order valence-electron chi connectivity index (χ3n) is 6.33. The molecule has 0 saturated carbocycles. The minimum absolute atomic E-state index is 0.256. The van der Waals surface area contributed by atoms with Gasteiger partial charge in [0.2, 0.25) is 5.91 Å². The van der Waals surface area contributed by atoms with Gasteiger partial charge in [-0.1, -0.05) is 42.5 Å². The number of hydrogen-bond acceptors (Lipinski definition) is 4. The molecule has 2 aromatic rings. The van der Waals surface area contributed by atoms with Gasteiger partial charge in [-0.05, 0) is 50.3 Å². The summed E-state index contributed by atoms with van der Waals surface area (Å²) in [6, 6.07) is 10.5. The molecule has 5 heteroatoms. The molecule has 1 aromatic carbocycles. The van der Waals surface area contributed by atoms with E-state index in [2.05, 4.69) is 51.3 Å². The molecule has 1 aromatic heterocycles. The number of carbonyl (C=O) groups excluding carboxylic acids is 1. The first-order chi connectivity index (χ1) is 14.1. The lowest BCUT2D eigenvalue weighted by atomic mass is 9.72. The number of piperidine rings is 2. The molecule has 4 rings (SSSR count). The van der Waals surface area contributed by atoms with Crippen LogP contribution in [0.2, 0.25) is 0 Å². The predicted octanol–water partition coefficient (Wildman–Crippen LogP) is 3.70. The van der Waals surface area contributed by atoms with Gasteiger partial charge in [-0.25, -0.2) is 0 Å². The second kappa shape index (κ2) is 8.87. The van der Waals surface area contributed by atoms with E-state index < -0.39 is 0 Å². The van der Waals surface area contributed by atoms with E-state index in [9.17, 15) is 4.79 Å². The second-order valence-electron chi connectivity index (χ2n) is 8.51. The molecule has 1 amide bonds. The molecule has 0 aliphatic carbocycles. The molecule has 0 N–H and O–H groups in total. The van der Waals surface area contributed by atoms with Crippen LogP contribution in [-0.2, 0) is 11.3 Å². The molecule has 1 spiro atoms. The summed E-state index contributed by atoms with van der Waals surface area (Å²) in [6.45, 7) is 6.57. The summed E-state index contributed by atoms with van der Waals surface area (Å²) in [7, 11) is 0. The van der Waals surface area contributed by atoms with Crippen molar-refractivity contribution < 1.29 is 4.79 Å². The Labute approximate surface area is 173 Å². The van der Waals surface area contributed by atoms with Crippen molar-refractivity contribution in [3.63, 3.8) is 0 Å². The van der Waals surface area contributed by atoms with Crippen LogP contribution in [0.25, 0.3) is 6.08 Å². The first kappa shape index (κ1) is 19.8. The Morgan fingerprint density at radius 3 is 2.59 bits per heavy atom. The number of nitrogens with zero attached hydrogens (tertiary/aromatic N) is 4. The van der Waals surface area contributed by atoms with Crippen LogP contribution in [0.15, 0.2) is 48.8 Å². The maximum absolute atomic E-state index is 12.5. The van der Waals surface area contributed by atoms with Crippen molar-refractivity contribution in [3.05, 3.63) is 65.8 Å². The summed E-state index contributed by atoms with van der Waals surface area (Å²) in [5.74, 6) is 0.256. The summed E-state index contributed by atoms with van der Waals surface area (Å²) in [4.78, 5) is 25.8. The highest BCUT2D eigenvalue weighted by Gasteiger charge is 2.40. The number of benzene rings is 1. The number of amides is 1. The highest BCUT2D eigenvalue weighted by Crippen LogP contribution is 2.40. The molecule has 3 heterocycles. The maximum Gasteiger partial charge on any atom is 0.222 e. The van der Waals surface area contributed by atoms with Crippen LogP contribution in [0, 0.1) is 12.3 Å². The summed E-state index contributed by atoms with van der Waals surface area (Å²) in [5, 5.41) is 0. The Hall–Kier alpha value is -2.53. The second-order valence-corrected chi connectivity index (χ2v) is 8.51. The molecule has 0 radical (unpaired) electrons. The quantitative estimate of drug-likeness (QED) is 0.781. The fourth-order valence-electron chi connectivity index (χ4n) is 4.46. The number of aromatic nitrogens is 2. The van der Waals surface area contributed by atoms with E-state index in [0.717, 1.165) is 56.8 Å². The highest BCUT2D eigenvalue weighted by molar-refractivity contribution is 5.77. The Bertz CT molecular complexity index is 839. The van der Waals surface area contributed by atoms with Crippen LogP contribution in [0.3, 0.4) is 0 Å². The molecule has 2 fully saturated rings. The van der Waals surface area contributed by atoms with Gasteiger partial charge in [0.15, 0.2) is 0 Å². The minimum atomic E-state index is 0.256. The third kappa shape index (κ3) is 5.10. The average molecular weight is 391 g/mol. The van der Waals surface area contributed by atoms with E-state index in [1.807, 2.05) is 17.9 Å². The van der Waals surface area contributed by atoms with Crippen LogP contribution >= 0.6 is 0 Å². The fourth-order valence-corrected chi connectivity index (χ4v) is 4.46. The molecule has 0 atom stereocenters. The summed E-state index contributed by atoms with van der Waals surface area (Å²) < 4.78 is 0. The first-order valence-corrected chi connectivity index (χ1v) is 10.6. The molecule has 29 heavy (non-hydrogen) atoms. The molecule has 0 bridgehead atoms. The van der Waals surface area contributed by atoms with Crippen LogP contribution in [0.5, 0.6) is 0 Å². The van der Waals surface area contributed by atoms with Crippen molar-refractivity contribution in [2.45, 2.75) is 39.2 Å². The molecular formula is C24H30N4O. The molecule has 0 unspecified atom stereocenters. The zero-order chi connectivity index (χ0) is 20.1. The van der Waals surface area contributed by atoms with E-state index in [-0.39, 0.29) is 11.3 Å². The standard InChI is InChI=1S/C24H30N4O/c1-20-16-26-22(17-25-20)18-28-19-24(10-9-23(28)29)11-14-27(15-12-24)13-5-8-21-6-3-2-4-7-21/h2-8,16-17H,9-15,18-19H2,1H3. The van der Waals surface area contributed by atoms with E-state index in [0.29, 0.717) is 13.0 Å². The smallest absolute Gasteiger partial charge is 0.222 e. The molecule has 152 valence electrons. The Morgan fingerprint density at radius 2 is 1.86 bits per heavy atom. The number of aryl methyl sites for hydroxylation is 1. The van der Waals surface area contributed by atoms with Gasteiger partial charge in [0.05, 0.1) is 24.1 Å². The van der Waals surface area contributed by atoms with Crippen LogP contribution < -0.4 is 0 Å². The summed E-state index contributed by atoms with van der Waals surface area (Å²) >= 11 is 0. The highest BCUT2D eigenvalue weighted by atomic mass is 16.2. The Balaban J connectivity index is 1.30. The van der Waals surface area contributed by atoms with Gasteiger partial charge in [0.25, 0.3) is 0 Å². The van der Waals surface area contributed by atoms with E-state index in [1.165, 1.54) is 5.56 Å². The zero-order valence-corrected chi connectivity index (χ0v) is 17.3. The van der Waals surface area contributed by atoms with Gasteiger partial charge in [-0.2, -0.15) is 0 Å². The van der Waals surface area contributed by atoms with Crippen LogP contribution in [0.4, 0.5) is 0 Å². The molecular weight excluding hydrogens is 360 g/mol. The van der Waals surface area contributed by atoms with Gasteiger partial charge in [-0.15, -0.1) is 0 Å². The zero-order valence-electron chi connectivity index (χ0n) is 17.3. The van der Waals surface area contributed by atoms with Crippen LogP contribution in [0.1, 0.15) is 42.6 Å². The lowest BCUT2D eigenvalue weighted by Crippen LogP contribution is -2.51. The molecule has 2 saturated heterocycles. The van der Waals surface area contributed by atoms with E-state index in [1.54, 1.807) is 12.4 Å². The van der Waals surface area contributed by atoms with Gasteiger partial charge in [-0.3, -0.25) is 19.7 Å². The van der Waals surface area contributed by atoms with E-state index in [4.69, 9.17) is 0 Å². The largest absolute Gasteiger partial charge is 0.336 e. The van der Waals surface area contributed by atoms with Gasteiger partial charge in [0, 0.05) is 25.7 Å².